The van der Waals surface area contributed by atoms with Gasteiger partial charge >= 0.3 is 6.09 Å². The molecule has 0 radical (unpaired) electrons. The predicted molar refractivity (Wildman–Crippen MR) is 94.5 cm³/mol. The second kappa shape index (κ2) is 8.50. The molecule has 0 bridgehead atoms. The molecule has 1 N–H and O–H groups in total. The zero-order chi connectivity index (χ0) is 16.6. The van der Waals surface area contributed by atoms with E-state index in [9.17, 15) is 4.79 Å². The lowest BCUT2D eigenvalue weighted by Gasteiger charge is -2.32. The second-order valence-electron chi connectivity index (χ2n) is 6.27. The van der Waals surface area contributed by atoms with Crippen molar-refractivity contribution in [1.29, 1.82) is 0 Å². The molecule has 1 heterocycles. The predicted octanol–water partition coefficient (Wildman–Crippen LogP) is 3.58. The Labute approximate surface area is 143 Å². The molecule has 1 saturated heterocycles. The highest BCUT2D eigenvalue weighted by Crippen LogP contribution is 2.14. The van der Waals surface area contributed by atoms with Crippen LogP contribution in [0.4, 0.5) is 4.79 Å². The standard InChI is InChI=1S/C20H24N2O2/c23-20(24-16-18-10-5-2-6-11-18)21-19-12-7-13-22(15-19)14-17-8-3-1-4-9-17/h1-6,8-11,19H,7,12-16H2,(H,21,23)/t19-/m0/s1. The Balaban J connectivity index is 1.44. The smallest absolute Gasteiger partial charge is 0.407 e. The average Bonchev–Trinajstić information content (AvgIpc) is 2.62. The zero-order valence-corrected chi connectivity index (χ0v) is 13.9. The van der Waals surface area contributed by atoms with Gasteiger partial charge in [-0.2, -0.15) is 0 Å². The van der Waals surface area contributed by atoms with Crippen molar-refractivity contribution in [2.45, 2.75) is 32.0 Å². The number of hydrogen-bond donors (Lipinski definition) is 1. The Bertz CT molecular complexity index is 631. The third-order valence-electron chi connectivity index (χ3n) is 4.29. The monoisotopic (exact) mass is 324 g/mol. The van der Waals surface area contributed by atoms with E-state index < -0.39 is 0 Å². The van der Waals surface area contributed by atoms with Gasteiger partial charge in [-0.1, -0.05) is 60.7 Å². The number of amides is 1. The molecule has 1 amide bonds. The summed E-state index contributed by atoms with van der Waals surface area (Å²) in [6.45, 7) is 3.19. The fourth-order valence-corrected chi connectivity index (χ4v) is 3.09. The van der Waals surface area contributed by atoms with E-state index in [-0.39, 0.29) is 12.1 Å². The quantitative estimate of drug-likeness (QED) is 0.914. The first-order chi connectivity index (χ1) is 11.8. The maximum absolute atomic E-state index is 12.0. The van der Waals surface area contributed by atoms with Crippen molar-refractivity contribution in [3.05, 3.63) is 71.8 Å². The maximum Gasteiger partial charge on any atom is 0.407 e. The van der Waals surface area contributed by atoms with E-state index in [1.165, 1.54) is 5.56 Å². The van der Waals surface area contributed by atoms with Gasteiger partial charge in [0.05, 0.1) is 0 Å². The number of ether oxygens (including phenoxy) is 1. The van der Waals surface area contributed by atoms with E-state index in [4.69, 9.17) is 4.74 Å². The molecule has 0 aromatic heterocycles. The molecule has 3 rings (SSSR count). The lowest BCUT2D eigenvalue weighted by molar-refractivity contribution is 0.123. The van der Waals surface area contributed by atoms with Crippen molar-refractivity contribution in [3.8, 4) is 0 Å². The Kier molecular flexibility index (Phi) is 5.85. The lowest BCUT2D eigenvalue weighted by atomic mass is 10.0. The van der Waals surface area contributed by atoms with E-state index in [1.54, 1.807) is 0 Å². The summed E-state index contributed by atoms with van der Waals surface area (Å²) in [6, 6.07) is 20.4. The van der Waals surface area contributed by atoms with Crippen LogP contribution in [-0.2, 0) is 17.9 Å². The molecule has 1 atom stereocenters. The molecule has 1 aliphatic heterocycles. The van der Waals surface area contributed by atoms with Gasteiger partial charge in [-0.05, 0) is 30.5 Å². The van der Waals surface area contributed by atoms with E-state index >= 15 is 0 Å². The zero-order valence-electron chi connectivity index (χ0n) is 13.9. The molecule has 2 aromatic carbocycles. The van der Waals surface area contributed by atoms with Gasteiger partial charge in [0.25, 0.3) is 0 Å². The van der Waals surface area contributed by atoms with Gasteiger partial charge in [0.15, 0.2) is 0 Å². The molecular formula is C20H24N2O2. The first-order valence-corrected chi connectivity index (χ1v) is 8.53. The fourth-order valence-electron chi connectivity index (χ4n) is 3.09. The first kappa shape index (κ1) is 16.5. The van der Waals surface area contributed by atoms with Gasteiger partial charge in [0.1, 0.15) is 6.61 Å². The number of benzene rings is 2. The number of carbonyl (C=O) groups is 1. The van der Waals surface area contributed by atoms with Gasteiger partial charge in [-0.15, -0.1) is 0 Å². The topological polar surface area (TPSA) is 41.6 Å². The van der Waals surface area contributed by atoms with Crippen LogP contribution in [0.1, 0.15) is 24.0 Å². The highest BCUT2D eigenvalue weighted by Gasteiger charge is 2.21. The molecule has 126 valence electrons. The molecule has 1 aliphatic rings. The highest BCUT2D eigenvalue weighted by molar-refractivity contribution is 5.67. The third-order valence-corrected chi connectivity index (χ3v) is 4.29. The van der Waals surface area contributed by atoms with Crippen molar-refractivity contribution in [1.82, 2.24) is 10.2 Å². The molecule has 0 unspecified atom stereocenters. The van der Waals surface area contributed by atoms with Crippen LogP contribution in [0.15, 0.2) is 60.7 Å². The normalized spacial score (nSPS) is 18.1. The van der Waals surface area contributed by atoms with Gasteiger partial charge in [0.2, 0.25) is 0 Å². The van der Waals surface area contributed by atoms with Crippen molar-refractivity contribution in [3.63, 3.8) is 0 Å². The summed E-state index contributed by atoms with van der Waals surface area (Å²) in [7, 11) is 0. The number of hydrogen-bond acceptors (Lipinski definition) is 3. The molecule has 4 nitrogen and oxygen atoms in total. The van der Waals surface area contributed by atoms with E-state index in [0.717, 1.165) is 38.0 Å². The van der Waals surface area contributed by atoms with Gasteiger partial charge in [0, 0.05) is 19.1 Å². The summed E-state index contributed by atoms with van der Waals surface area (Å²) < 4.78 is 5.32. The van der Waals surface area contributed by atoms with Crippen molar-refractivity contribution in [2.75, 3.05) is 13.1 Å². The van der Waals surface area contributed by atoms with E-state index in [1.807, 2.05) is 36.4 Å². The van der Waals surface area contributed by atoms with Crippen LogP contribution >= 0.6 is 0 Å². The number of rotatable bonds is 5. The number of nitrogens with zero attached hydrogens (tertiary/aromatic N) is 1. The molecule has 0 aliphatic carbocycles. The Hall–Kier alpha value is -2.33. The molecule has 2 aromatic rings. The Morgan fingerprint density at radius 3 is 2.42 bits per heavy atom. The number of nitrogens with one attached hydrogen (secondary N) is 1. The number of likely N-dealkylation sites (tertiary alicyclic amines) is 1. The Morgan fingerprint density at radius 2 is 1.71 bits per heavy atom. The van der Waals surface area contributed by atoms with Gasteiger partial charge in [-0.25, -0.2) is 4.79 Å². The summed E-state index contributed by atoms with van der Waals surface area (Å²) in [5.74, 6) is 0. The fraction of sp³-hybridized carbons (Fsp3) is 0.350. The van der Waals surface area contributed by atoms with Crippen LogP contribution in [-0.4, -0.2) is 30.1 Å². The summed E-state index contributed by atoms with van der Waals surface area (Å²) in [5, 5.41) is 3.00. The SMILES string of the molecule is O=C(N[C@H]1CCCN(Cc2ccccc2)C1)OCc1ccccc1. The number of carbonyl (C=O) groups excluding carboxylic acids is 1. The summed E-state index contributed by atoms with van der Waals surface area (Å²) in [5.41, 5.74) is 2.31. The minimum Gasteiger partial charge on any atom is -0.445 e. The average molecular weight is 324 g/mol. The van der Waals surface area contributed by atoms with Crippen molar-refractivity contribution < 1.29 is 9.53 Å². The van der Waals surface area contributed by atoms with Crippen LogP contribution in [0.3, 0.4) is 0 Å². The van der Waals surface area contributed by atoms with Crippen LogP contribution in [0.5, 0.6) is 0 Å². The third kappa shape index (κ3) is 5.10. The minimum atomic E-state index is -0.328. The lowest BCUT2D eigenvalue weighted by Crippen LogP contribution is -2.47. The number of piperidine rings is 1. The largest absolute Gasteiger partial charge is 0.445 e. The molecule has 4 heteroatoms. The van der Waals surface area contributed by atoms with Crippen LogP contribution in [0, 0.1) is 0 Å². The van der Waals surface area contributed by atoms with Crippen molar-refractivity contribution >= 4 is 6.09 Å². The first-order valence-electron chi connectivity index (χ1n) is 8.53. The minimum absolute atomic E-state index is 0.158. The van der Waals surface area contributed by atoms with Crippen molar-refractivity contribution in [2.24, 2.45) is 0 Å². The maximum atomic E-state index is 12.0. The van der Waals surface area contributed by atoms with Crippen LogP contribution in [0.2, 0.25) is 0 Å². The van der Waals surface area contributed by atoms with Gasteiger partial charge in [-0.3, -0.25) is 4.90 Å². The second-order valence-corrected chi connectivity index (χ2v) is 6.27. The molecule has 1 fully saturated rings. The molecule has 0 saturated carbocycles. The molecular weight excluding hydrogens is 300 g/mol. The van der Waals surface area contributed by atoms with E-state index in [2.05, 4.69) is 34.5 Å². The Morgan fingerprint density at radius 1 is 1.04 bits per heavy atom. The molecule has 24 heavy (non-hydrogen) atoms. The van der Waals surface area contributed by atoms with Crippen LogP contribution in [0.25, 0.3) is 0 Å². The highest BCUT2D eigenvalue weighted by atomic mass is 16.5. The summed E-state index contributed by atoms with van der Waals surface area (Å²) in [6.07, 6.45) is 1.77. The summed E-state index contributed by atoms with van der Waals surface area (Å²) in [4.78, 5) is 14.4. The van der Waals surface area contributed by atoms with E-state index in [0.29, 0.717) is 6.61 Å². The summed E-state index contributed by atoms with van der Waals surface area (Å²) >= 11 is 0. The molecule has 0 spiro atoms. The van der Waals surface area contributed by atoms with Crippen LogP contribution < -0.4 is 5.32 Å². The number of alkyl carbamates (subject to hydrolysis) is 1. The van der Waals surface area contributed by atoms with Gasteiger partial charge < -0.3 is 10.1 Å².